The lowest BCUT2D eigenvalue weighted by Gasteiger charge is -2.36. The van der Waals surface area contributed by atoms with E-state index in [-0.39, 0.29) is 29.2 Å². The monoisotopic (exact) mass is 442 g/mol. The van der Waals surface area contributed by atoms with Gasteiger partial charge in [-0.2, -0.15) is 0 Å². The zero-order chi connectivity index (χ0) is 22.5. The molecule has 2 fully saturated rings. The second-order valence-corrected chi connectivity index (χ2v) is 7.85. The number of rotatable bonds is 6. The van der Waals surface area contributed by atoms with Crippen LogP contribution < -0.4 is 15.0 Å². The molecule has 0 bridgehead atoms. The van der Waals surface area contributed by atoms with Gasteiger partial charge >= 0.3 is 0 Å². The van der Waals surface area contributed by atoms with E-state index in [4.69, 9.17) is 9.47 Å². The average molecular weight is 442 g/mol. The Hall–Kier alpha value is -3.20. The number of piperazine rings is 1. The van der Waals surface area contributed by atoms with Crippen LogP contribution in [-0.4, -0.2) is 74.2 Å². The van der Waals surface area contributed by atoms with Crippen LogP contribution in [0, 0.1) is 5.82 Å². The van der Waals surface area contributed by atoms with Crippen molar-refractivity contribution in [1.29, 1.82) is 0 Å². The van der Waals surface area contributed by atoms with Crippen molar-refractivity contribution < 1.29 is 23.5 Å². The number of halogens is 1. The smallest absolute Gasteiger partial charge is 0.255 e. The molecule has 2 aliphatic rings. The first-order chi connectivity index (χ1) is 15.6. The topological polar surface area (TPSA) is 84.0 Å². The lowest BCUT2D eigenvalue weighted by atomic mass is 10.1. The van der Waals surface area contributed by atoms with Crippen LogP contribution in [0.15, 0.2) is 36.5 Å². The molecule has 0 spiro atoms. The van der Waals surface area contributed by atoms with Gasteiger partial charge in [0.2, 0.25) is 0 Å². The summed E-state index contributed by atoms with van der Waals surface area (Å²) in [6.45, 7) is 3.15. The van der Waals surface area contributed by atoms with E-state index in [1.165, 1.54) is 19.2 Å². The summed E-state index contributed by atoms with van der Waals surface area (Å²) in [5, 5.41) is 2.94. The van der Waals surface area contributed by atoms with Crippen LogP contribution in [0.5, 0.6) is 5.75 Å². The van der Waals surface area contributed by atoms with Crippen molar-refractivity contribution in [3.8, 4) is 5.75 Å². The Labute approximate surface area is 186 Å². The molecule has 2 saturated heterocycles. The number of hydrogen-bond donors (Lipinski definition) is 1. The van der Waals surface area contributed by atoms with Crippen LogP contribution in [0.3, 0.4) is 0 Å². The fraction of sp³-hybridized carbons (Fsp3) is 0.435. The summed E-state index contributed by atoms with van der Waals surface area (Å²) in [6, 6.07) is 7.70. The van der Waals surface area contributed by atoms with Gasteiger partial charge in [0, 0.05) is 51.1 Å². The summed E-state index contributed by atoms with van der Waals surface area (Å²) < 4.78 is 24.5. The number of carbonyl (C=O) groups excluding carboxylic acids is 2. The maximum Gasteiger partial charge on any atom is 0.255 e. The van der Waals surface area contributed by atoms with Crippen molar-refractivity contribution in [3.63, 3.8) is 0 Å². The molecule has 9 heteroatoms. The number of nitrogens with one attached hydrogen (secondary N) is 1. The Morgan fingerprint density at radius 2 is 2.06 bits per heavy atom. The number of methoxy groups -OCH3 is 1. The number of hydrogen-bond acceptors (Lipinski definition) is 6. The average Bonchev–Trinajstić information content (AvgIpc) is 3.36. The highest BCUT2D eigenvalue weighted by atomic mass is 19.1. The third-order valence-corrected chi connectivity index (χ3v) is 5.81. The molecular formula is C23H27FN4O4. The van der Waals surface area contributed by atoms with E-state index < -0.39 is 5.82 Å². The van der Waals surface area contributed by atoms with Crippen LogP contribution in [0.25, 0.3) is 0 Å². The van der Waals surface area contributed by atoms with Gasteiger partial charge in [0.15, 0.2) is 11.6 Å². The van der Waals surface area contributed by atoms with Gasteiger partial charge in [0.1, 0.15) is 5.82 Å². The molecule has 2 aliphatic heterocycles. The SMILES string of the molecule is COc1ccc(C(=O)N2CCN(c3ncccc3C(=O)NC[C@H]3CCCO3)CC2)cc1F. The van der Waals surface area contributed by atoms with E-state index in [1.54, 1.807) is 29.3 Å². The summed E-state index contributed by atoms with van der Waals surface area (Å²) >= 11 is 0. The van der Waals surface area contributed by atoms with Gasteiger partial charge in [0.25, 0.3) is 11.8 Å². The minimum absolute atomic E-state index is 0.0661. The lowest BCUT2D eigenvalue weighted by Crippen LogP contribution is -2.49. The summed E-state index contributed by atoms with van der Waals surface area (Å²) in [7, 11) is 1.38. The Kier molecular flexibility index (Phi) is 6.84. The number of ether oxygens (including phenoxy) is 2. The molecule has 0 radical (unpaired) electrons. The van der Waals surface area contributed by atoms with Crippen molar-refractivity contribution in [2.24, 2.45) is 0 Å². The number of anilines is 1. The van der Waals surface area contributed by atoms with E-state index in [9.17, 15) is 14.0 Å². The standard InChI is InChI=1S/C23H27FN4O4/c1-31-20-7-6-16(14-19(20)24)23(30)28-11-9-27(10-12-28)21-18(5-2-8-25-21)22(29)26-15-17-4-3-13-32-17/h2,5-8,14,17H,3-4,9-13,15H2,1H3,(H,26,29)/t17-/m1/s1. The summed E-state index contributed by atoms with van der Waals surface area (Å²) in [6.07, 6.45) is 3.69. The lowest BCUT2D eigenvalue weighted by molar-refractivity contribution is 0.0744. The van der Waals surface area contributed by atoms with Gasteiger partial charge in [-0.15, -0.1) is 0 Å². The first-order valence-corrected chi connectivity index (χ1v) is 10.8. The Bertz CT molecular complexity index is 972. The zero-order valence-corrected chi connectivity index (χ0v) is 18.1. The van der Waals surface area contributed by atoms with Crippen LogP contribution in [0.4, 0.5) is 10.2 Å². The van der Waals surface area contributed by atoms with Crippen molar-refractivity contribution in [2.45, 2.75) is 18.9 Å². The molecule has 1 atom stereocenters. The largest absolute Gasteiger partial charge is 0.494 e. The molecule has 2 aromatic rings. The van der Waals surface area contributed by atoms with Gasteiger partial charge in [-0.1, -0.05) is 0 Å². The van der Waals surface area contributed by atoms with Crippen molar-refractivity contribution in [2.75, 3.05) is 51.3 Å². The van der Waals surface area contributed by atoms with Crippen molar-refractivity contribution in [3.05, 3.63) is 53.5 Å². The number of benzene rings is 1. The third-order valence-electron chi connectivity index (χ3n) is 5.81. The van der Waals surface area contributed by atoms with Gasteiger partial charge < -0.3 is 24.6 Å². The number of amides is 2. The second kappa shape index (κ2) is 9.95. The molecule has 1 aromatic carbocycles. The second-order valence-electron chi connectivity index (χ2n) is 7.85. The van der Waals surface area contributed by atoms with Gasteiger partial charge in [-0.3, -0.25) is 9.59 Å². The Morgan fingerprint density at radius 1 is 1.25 bits per heavy atom. The molecule has 1 aromatic heterocycles. The highest BCUT2D eigenvalue weighted by molar-refractivity contribution is 5.99. The molecule has 0 unspecified atom stereocenters. The molecular weight excluding hydrogens is 415 g/mol. The van der Waals surface area contributed by atoms with Crippen molar-refractivity contribution in [1.82, 2.24) is 15.2 Å². The molecule has 0 saturated carbocycles. The maximum absolute atomic E-state index is 14.0. The Morgan fingerprint density at radius 3 is 2.75 bits per heavy atom. The van der Waals surface area contributed by atoms with Gasteiger partial charge in [-0.25, -0.2) is 9.37 Å². The van der Waals surface area contributed by atoms with Gasteiger partial charge in [0.05, 0.1) is 18.8 Å². The minimum Gasteiger partial charge on any atom is -0.494 e. The minimum atomic E-state index is -0.566. The van der Waals surface area contributed by atoms with E-state index in [1.807, 2.05) is 4.90 Å². The van der Waals surface area contributed by atoms with Crippen molar-refractivity contribution >= 4 is 17.6 Å². The quantitative estimate of drug-likeness (QED) is 0.738. The molecule has 0 aliphatic carbocycles. The molecule has 8 nitrogen and oxygen atoms in total. The first kappa shape index (κ1) is 22.0. The molecule has 4 rings (SSSR count). The van der Waals surface area contributed by atoms with Gasteiger partial charge in [-0.05, 0) is 43.2 Å². The Balaban J connectivity index is 1.38. The maximum atomic E-state index is 14.0. The molecule has 2 amide bonds. The van der Waals surface area contributed by atoms with E-state index in [0.29, 0.717) is 44.1 Å². The fourth-order valence-corrected chi connectivity index (χ4v) is 4.04. The van der Waals surface area contributed by atoms with E-state index in [0.717, 1.165) is 19.4 Å². The predicted octanol–water partition coefficient (Wildman–Crippen LogP) is 2.10. The molecule has 170 valence electrons. The van der Waals surface area contributed by atoms with Crippen LogP contribution in [0.1, 0.15) is 33.6 Å². The summed E-state index contributed by atoms with van der Waals surface area (Å²) in [5.41, 5.74) is 0.784. The summed E-state index contributed by atoms with van der Waals surface area (Å²) in [4.78, 5) is 33.7. The molecule has 1 N–H and O–H groups in total. The van der Waals surface area contributed by atoms with E-state index in [2.05, 4.69) is 10.3 Å². The number of aromatic nitrogens is 1. The van der Waals surface area contributed by atoms with Crippen LogP contribution >= 0.6 is 0 Å². The molecule has 32 heavy (non-hydrogen) atoms. The van der Waals surface area contributed by atoms with Crippen LogP contribution in [-0.2, 0) is 4.74 Å². The number of carbonyl (C=O) groups is 2. The summed E-state index contributed by atoms with van der Waals surface area (Å²) in [5.74, 6) is -0.284. The molecule has 3 heterocycles. The highest BCUT2D eigenvalue weighted by Crippen LogP contribution is 2.22. The normalized spacial score (nSPS) is 18.5. The highest BCUT2D eigenvalue weighted by Gasteiger charge is 2.26. The van der Waals surface area contributed by atoms with E-state index >= 15 is 0 Å². The zero-order valence-electron chi connectivity index (χ0n) is 18.1. The fourth-order valence-electron chi connectivity index (χ4n) is 4.04. The third kappa shape index (κ3) is 4.83. The number of pyridine rings is 1. The predicted molar refractivity (Wildman–Crippen MR) is 117 cm³/mol. The van der Waals surface area contributed by atoms with Crippen LogP contribution in [0.2, 0.25) is 0 Å². The number of nitrogens with zero attached hydrogens (tertiary/aromatic N) is 3. The first-order valence-electron chi connectivity index (χ1n) is 10.8.